The van der Waals surface area contributed by atoms with Gasteiger partial charge in [0.15, 0.2) is 0 Å². The van der Waals surface area contributed by atoms with Gasteiger partial charge >= 0.3 is 0 Å². The minimum absolute atomic E-state index is 0.000240. The fourth-order valence-corrected chi connectivity index (χ4v) is 2.47. The van der Waals surface area contributed by atoms with Gasteiger partial charge in [0.05, 0.1) is 10.6 Å². The summed E-state index contributed by atoms with van der Waals surface area (Å²) in [6, 6.07) is 6.99. The molecule has 0 unspecified atom stereocenters. The molecule has 0 saturated heterocycles. The quantitative estimate of drug-likeness (QED) is 0.583. The Labute approximate surface area is 111 Å². The first-order valence-corrected chi connectivity index (χ1v) is 6.91. The Morgan fingerprint density at radius 2 is 2.00 bits per heavy atom. The van der Waals surface area contributed by atoms with Gasteiger partial charge in [-0.3, -0.25) is 4.72 Å². The Kier molecular flexibility index (Phi) is 3.30. The van der Waals surface area contributed by atoms with Crippen LogP contribution in [-0.2, 0) is 10.0 Å². The van der Waals surface area contributed by atoms with Crippen LogP contribution in [0, 0.1) is 6.92 Å². The number of aromatic nitrogens is 1. The minimum atomic E-state index is -3.77. The predicted molar refractivity (Wildman–Crippen MR) is 72.3 cm³/mol. The van der Waals surface area contributed by atoms with Crippen molar-refractivity contribution in [2.75, 3.05) is 10.5 Å². The van der Waals surface area contributed by atoms with Crippen molar-refractivity contribution in [1.29, 1.82) is 0 Å². The standard InChI is InChI=1S/C12H13N3O3S/c1-8-2-5-12(14-7-8)15-19(17,18)9-3-4-11(16)10(13)6-9/h2-7,16H,13H2,1H3,(H,14,15). The highest BCUT2D eigenvalue weighted by Gasteiger charge is 2.16. The van der Waals surface area contributed by atoms with E-state index in [9.17, 15) is 13.5 Å². The van der Waals surface area contributed by atoms with Crippen molar-refractivity contribution >= 4 is 21.5 Å². The number of phenols is 1. The van der Waals surface area contributed by atoms with Gasteiger partial charge < -0.3 is 10.8 Å². The first-order valence-electron chi connectivity index (χ1n) is 5.42. The maximum absolute atomic E-state index is 12.1. The molecule has 7 heteroatoms. The third-order valence-corrected chi connectivity index (χ3v) is 3.81. The van der Waals surface area contributed by atoms with Crippen LogP contribution in [0.5, 0.6) is 5.75 Å². The minimum Gasteiger partial charge on any atom is -0.506 e. The van der Waals surface area contributed by atoms with E-state index in [1.165, 1.54) is 18.2 Å². The molecule has 1 heterocycles. The molecule has 1 aromatic heterocycles. The summed E-state index contributed by atoms with van der Waals surface area (Å²) in [5, 5.41) is 9.28. The molecule has 6 nitrogen and oxygen atoms in total. The highest BCUT2D eigenvalue weighted by Crippen LogP contribution is 2.24. The summed E-state index contributed by atoms with van der Waals surface area (Å²) < 4.78 is 26.5. The Hall–Kier alpha value is -2.28. The van der Waals surface area contributed by atoms with Crippen LogP contribution in [0.2, 0.25) is 0 Å². The highest BCUT2D eigenvalue weighted by molar-refractivity contribution is 7.92. The van der Waals surface area contributed by atoms with E-state index < -0.39 is 10.0 Å². The first kappa shape index (κ1) is 13.2. The predicted octanol–water partition coefficient (Wildman–Crippen LogP) is 1.48. The lowest BCUT2D eigenvalue weighted by atomic mass is 10.3. The number of rotatable bonds is 3. The average Bonchev–Trinajstić information content (AvgIpc) is 2.35. The number of nitrogens with two attached hydrogens (primary N) is 1. The molecule has 1 aromatic carbocycles. The second-order valence-electron chi connectivity index (χ2n) is 4.05. The van der Waals surface area contributed by atoms with Gasteiger partial charge in [0.1, 0.15) is 11.6 Å². The molecule has 100 valence electrons. The molecule has 0 aliphatic rings. The zero-order valence-electron chi connectivity index (χ0n) is 10.2. The molecular formula is C12H13N3O3S. The van der Waals surface area contributed by atoms with Gasteiger partial charge in [-0.2, -0.15) is 0 Å². The van der Waals surface area contributed by atoms with E-state index >= 15 is 0 Å². The third-order valence-electron chi connectivity index (χ3n) is 2.46. The van der Waals surface area contributed by atoms with E-state index in [1.807, 2.05) is 6.92 Å². The van der Waals surface area contributed by atoms with Gasteiger partial charge in [0, 0.05) is 6.20 Å². The molecule has 19 heavy (non-hydrogen) atoms. The maximum Gasteiger partial charge on any atom is 0.263 e. The fourth-order valence-electron chi connectivity index (χ4n) is 1.42. The number of pyridine rings is 1. The van der Waals surface area contributed by atoms with Crippen molar-refractivity contribution in [3.63, 3.8) is 0 Å². The lowest BCUT2D eigenvalue weighted by Crippen LogP contribution is -2.14. The number of nitrogens with one attached hydrogen (secondary N) is 1. The Morgan fingerprint density at radius 3 is 2.58 bits per heavy atom. The number of nitrogens with zero attached hydrogens (tertiary/aromatic N) is 1. The van der Waals surface area contributed by atoms with Gasteiger partial charge in [0.2, 0.25) is 0 Å². The fraction of sp³-hybridized carbons (Fsp3) is 0.0833. The van der Waals surface area contributed by atoms with Crippen LogP contribution in [0.3, 0.4) is 0 Å². The molecule has 4 N–H and O–H groups in total. The van der Waals surface area contributed by atoms with Crippen LogP contribution >= 0.6 is 0 Å². The van der Waals surface area contributed by atoms with Gasteiger partial charge in [0.25, 0.3) is 10.0 Å². The number of aromatic hydroxyl groups is 1. The maximum atomic E-state index is 12.1. The summed E-state index contributed by atoms with van der Waals surface area (Å²) in [6.45, 7) is 1.85. The lowest BCUT2D eigenvalue weighted by molar-refractivity contribution is 0.477. The van der Waals surface area contributed by atoms with Crippen LogP contribution in [0.4, 0.5) is 11.5 Å². The normalized spacial score (nSPS) is 11.2. The van der Waals surface area contributed by atoms with Crippen molar-refractivity contribution in [3.05, 3.63) is 42.1 Å². The summed E-state index contributed by atoms with van der Waals surface area (Å²) >= 11 is 0. The third kappa shape index (κ3) is 2.94. The molecule has 0 radical (unpaired) electrons. The number of anilines is 2. The van der Waals surface area contributed by atoms with Crippen molar-refractivity contribution in [2.24, 2.45) is 0 Å². The van der Waals surface area contributed by atoms with Crippen molar-refractivity contribution in [3.8, 4) is 5.75 Å². The van der Waals surface area contributed by atoms with Crippen LogP contribution in [0.15, 0.2) is 41.4 Å². The van der Waals surface area contributed by atoms with E-state index in [2.05, 4.69) is 9.71 Å². The molecule has 2 rings (SSSR count). The summed E-state index contributed by atoms with van der Waals surface area (Å²) in [6.07, 6.45) is 1.56. The molecule has 0 spiro atoms. The number of benzene rings is 1. The monoisotopic (exact) mass is 279 g/mol. The van der Waals surface area contributed by atoms with Gasteiger partial charge in [-0.1, -0.05) is 6.07 Å². The Bertz CT molecular complexity index is 697. The number of hydrogen-bond donors (Lipinski definition) is 3. The van der Waals surface area contributed by atoms with Crippen molar-refractivity contribution < 1.29 is 13.5 Å². The average molecular weight is 279 g/mol. The molecule has 0 atom stereocenters. The molecular weight excluding hydrogens is 266 g/mol. The lowest BCUT2D eigenvalue weighted by Gasteiger charge is -2.08. The van der Waals surface area contributed by atoms with Gasteiger partial charge in [-0.05, 0) is 36.8 Å². The Balaban J connectivity index is 2.32. The topological polar surface area (TPSA) is 105 Å². The summed E-state index contributed by atoms with van der Waals surface area (Å²) in [5.74, 6) is 0.0599. The molecule has 0 aliphatic carbocycles. The van der Waals surface area contributed by atoms with Crippen molar-refractivity contribution in [2.45, 2.75) is 11.8 Å². The van der Waals surface area contributed by atoms with E-state index in [-0.39, 0.29) is 22.2 Å². The molecule has 0 amide bonds. The van der Waals surface area contributed by atoms with E-state index in [0.29, 0.717) is 0 Å². The summed E-state index contributed by atoms with van der Waals surface area (Å²) in [4.78, 5) is 3.92. The summed E-state index contributed by atoms with van der Waals surface area (Å²) in [5.41, 5.74) is 6.40. The second-order valence-corrected chi connectivity index (χ2v) is 5.73. The van der Waals surface area contributed by atoms with Crippen LogP contribution in [0.25, 0.3) is 0 Å². The summed E-state index contributed by atoms with van der Waals surface area (Å²) in [7, 11) is -3.77. The largest absolute Gasteiger partial charge is 0.506 e. The second kappa shape index (κ2) is 4.77. The number of hydrogen-bond acceptors (Lipinski definition) is 5. The first-order chi connectivity index (χ1) is 8.88. The van der Waals surface area contributed by atoms with E-state index in [1.54, 1.807) is 18.3 Å². The number of aryl methyl sites for hydroxylation is 1. The highest BCUT2D eigenvalue weighted by atomic mass is 32.2. The zero-order valence-corrected chi connectivity index (χ0v) is 11.0. The molecule has 2 aromatic rings. The van der Waals surface area contributed by atoms with E-state index in [4.69, 9.17) is 5.73 Å². The molecule has 0 aliphatic heterocycles. The molecule has 0 saturated carbocycles. The van der Waals surface area contributed by atoms with E-state index in [0.717, 1.165) is 5.56 Å². The van der Waals surface area contributed by atoms with Crippen molar-refractivity contribution in [1.82, 2.24) is 4.98 Å². The molecule has 0 bridgehead atoms. The smallest absolute Gasteiger partial charge is 0.263 e. The van der Waals surface area contributed by atoms with Crippen LogP contribution in [-0.4, -0.2) is 18.5 Å². The van der Waals surface area contributed by atoms with Crippen LogP contribution in [0.1, 0.15) is 5.56 Å². The zero-order chi connectivity index (χ0) is 14.0. The number of phenolic OH excluding ortho intramolecular Hbond substituents is 1. The van der Waals surface area contributed by atoms with Gasteiger partial charge in [-0.25, -0.2) is 13.4 Å². The van der Waals surface area contributed by atoms with Crippen LogP contribution < -0.4 is 10.5 Å². The SMILES string of the molecule is Cc1ccc(NS(=O)(=O)c2ccc(O)c(N)c2)nc1. The van der Waals surface area contributed by atoms with Gasteiger partial charge in [-0.15, -0.1) is 0 Å². The number of sulfonamides is 1. The number of nitrogen functional groups attached to an aromatic ring is 1. The Morgan fingerprint density at radius 1 is 1.26 bits per heavy atom. The molecule has 0 fully saturated rings.